The summed E-state index contributed by atoms with van der Waals surface area (Å²) in [6, 6.07) is 10.7. The lowest BCUT2D eigenvalue weighted by Gasteiger charge is -2.23. The smallest absolute Gasteiger partial charge is 0.310 e. The third-order valence-corrected chi connectivity index (χ3v) is 5.17. The van der Waals surface area contributed by atoms with Crippen LogP contribution in [0.25, 0.3) is 0 Å². The van der Waals surface area contributed by atoms with Gasteiger partial charge in [-0.25, -0.2) is 0 Å². The Bertz CT molecular complexity index is 940. The lowest BCUT2D eigenvalue weighted by molar-refractivity contribution is -0.142. The Hall–Kier alpha value is -3.22. The average Bonchev–Trinajstić information content (AvgIpc) is 3.59. The number of nitrogen functional groups attached to an aromatic ring is 1. The Morgan fingerprint density at radius 2 is 1.81 bits per heavy atom. The van der Waals surface area contributed by atoms with Crippen molar-refractivity contribution in [3.05, 3.63) is 47.5 Å². The average molecular weight is 427 g/mol. The number of rotatable bonds is 10. The van der Waals surface area contributed by atoms with Gasteiger partial charge in [0.1, 0.15) is 5.75 Å². The summed E-state index contributed by atoms with van der Waals surface area (Å²) in [5.41, 5.74) is 8.18. The molecule has 3 rings (SSSR count). The summed E-state index contributed by atoms with van der Waals surface area (Å²) in [6.07, 6.45) is 2.06. The Labute approximate surface area is 183 Å². The second-order valence-corrected chi connectivity index (χ2v) is 7.56. The summed E-state index contributed by atoms with van der Waals surface area (Å²) >= 11 is 0. The molecule has 1 amide bonds. The molecule has 7 nitrogen and oxygen atoms in total. The molecule has 0 bridgehead atoms. The van der Waals surface area contributed by atoms with Crippen LogP contribution in [0.4, 0.5) is 5.69 Å². The molecule has 0 heterocycles. The van der Waals surface area contributed by atoms with E-state index in [0.717, 1.165) is 24.0 Å². The van der Waals surface area contributed by atoms with Crippen LogP contribution in [0.5, 0.6) is 17.2 Å². The minimum absolute atomic E-state index is 0.141. The van der Waals surface area contributed by atoms with E-state index >= 15 is 0 Å². The highest BCUT2D eigenvalue weighted by atomic mass is 16.5. The second-order valence-electron chi connectivity index (χ2n) is 7.56. The molecular weight excluding hydrogens is 396 g/mol. The third-order valence-electron chi connectivity index (χ3n) is 5.17. The van der Waals surface area contributed by atoms with Gasteiger partial charge in [-0.05, 0) is 62.6 Å². The van der Waals surface area contributed by atoms with Gasteiger partial charge in [-0.3, -0.25) is 9.59 Å². The summed E-state index contributed by atoms with van der Waals surface area (Å²) < 4.78 is 16.7. The van der Waals surface area contributed by atoms with Crippen LogP contribution < -0.4 is 15.2 Å². The summed E-state index contributed by atoms with van der Waals surface area (Å²) in [7, 11) is 1.56. The molecule has 7 heteroatoms. The zero-order chi connectivity index (χ0) is 22.4. The number of carbonyl (C=O) groups excluding carboxylic acids is 2. The molecule has 1 aliphatic carbocycles. The van der Waals surface area contributed by atoms with Gasteiger partial charge in [0.15, 0.2) is 11.5 Å². The molecule has 2 N–H and O–H groups in total. The van der Waals surface area contributed by atoms with Gasteiger partial charge in [-0.15, -0.1) is 0 Å². The van der Waals surface area contributed by atoms with Gasteiger partial charge in [0.2, 0.25) is 5.91 Å². The minimum atomic E-state index is -0.302. The highest BCUT2D eigenvalue weighted by Crippen LogP contribution is 2.36. The zero-order valence-electron chi connectivity index (χ0n) is 18.3. The largest absolute Gasteiger partial charge is 0.493 e. The fourth-order valence-corrected chi connectivity index (χ4v) is 3.37. The van der Waals surface area contributed by atoms with Crippen LogP contribution in [0.2, 0.25) is 0 Å². The van der Waals surface area contributed by atoms with E-state index in [2.05, 4.69) is 0 Å². The Morgan fingerprint density at radius 3 is 2.45 bits per heavy atom. The molecule has 31 heavy (non-hydrogen) atoms. The number of amides is 1. The monoisotopic (exact) mass is 426 g/mol. The highest BCUT2D eigenvalue weighted by Gasteiger charge is 2.33. The molecule has 1 fully saturated rings. The number of benzene rings is 2. The maximum absolute atomic E-state index is 12.6. The molecule has 0 atom stereocenters. The van der Waals surface area contributed by atoms with Crippen molar-refractivity contribution in [3.8, 4) is 17.2 Å². The molecule has 0 radical (unpaired) electrons. The summed E-state index contributed by atoms with van der Waals surface area (Å²) in [6.45, 7) is 5.10. The summed E-state index contributed by atoms with van der Waals surface area (Å²) in [5, 5.41) is 0. The predicted molar refractivity (Wildman–Crippen MR) is 118 cm³/mol. The molecule has 1 aliphatic rings. The molecule has 2 aromatic carbocycles. The number of esters is 1. The lowest BCUT2D eigenvalue weighted by atomic mass is 10.1. The van der Waals surface area contributed by atoms with Gasteiger partial charge >= 0.3 is 5.97 Å². The van der Waals surface area contributed by atoms with E-state index in [0.29, 0.717) is 42.6 Å². The Morgan fingerprint density at radius 1 is 1.06 bits per heavy atom. The van der Waals surface area contributed by atoms with Gasteiger partial charge in [0.05, 0.1) is 20.1 Å². The topological polar surface area (TPSA) is 91.1 Å². The lowest BCUT2D eigenvalue weighted by Crippen LogP contribution is -2.31. The van der Waals surface area contributed by atoms with Gasteiger partial charge in [0.25, 0.3) is 0 Å². The van der Waals surface area contributed by atoms with Crippen LogP contribution in [0.15, 0.2) is 36.4 Å². The van der Waals surface area contributed by atoms with Gasteiger partial charge in [-0.1, -0.05) is 6.07 Å². The normalized spacial score (nSPS) is 12.9. The quantitative estimate of drug-likeness (QED) is 0.457. The molecule has 0 saturated heterocycles. The van der Waals surface area contributed by atoms with E-state index in [1.165, 1.54) is 0 Å². The maximum atomic E-state index is 12.6. The standard InChI is InChI=1S/C24H30N2O5/c1-4-26(24(28)17-7-8-17)15-18-14-19(25)9-11-20(18)31-22-12-16(6-10-21(22)29-3)13-23(27)30-5-2/h6,9-12,14,17H,4-5,7-8,13,15,25H2,1-3H3. The fourth-order valence-electron chi connectivity index (χ4n) is 3.37. The van der Waals surface area contributed by atoms with E-state index in [1.54, 1.807) is 44.4 Å². The molecular formula is C24H30N2O5. The van der Waals surface area contributed by atoms with Crippen molar-refractivity contribution in [2.24, 2.45) is 5.92 Å². The zero-order valence-corrected chi connectivity index (χ0v) is 18.3. The summed E-state index contributed by atoms with van der Waals surface area (Å²) in [5.74, 6) is 1.62. The van der Waals surface area contributed by atoms with Gasteiger partial charge in [0, 0.05) is 30.3 Å². The van der Waals surface area contributed by atoms with Crippen molar-refractivity contribution < 1.29 is 23.8 Å². The van der Waals surface area contributed by atoms with E-state index < -0.39 is 0 Å². The molecule has 0 aliphatic heterocycles. The molecule has 0 unspecified atom stereocenters. The first kappa shape index (κ1) is 22.5. The molecule has 0 aromatic heterocycles. The second kappa shape index (κ2) is 10.2. The van der Waals surface area contributed by atoms with E-state index in [4.69, 9.17) is 19.9 Å². The predicted octanol–water partition coefficient (Wildman–Crippen LogP) is 3.93. The number of carbonyl (C=O) groups is 2. The van der Waals surface area contributed by atoms with Crippen LogP contribution in [0, 0.1) is 5.92 Å². The minimum Gasteiger partial charge on any atom is -0.493 e. The number of hydrogen-bond acceptors (Lipinski definition) is 6. The summed E-state index contributed by atoms with van der Waals surface area (Å²) in [4.78, 5) is 26.3. The van der Waals surface area contributed by atoms with Crippen molar-refractivity contribution in [2.75, 3.05) is 26.0 Å². The van der Waals surface area contributed by atoms with Crippen molar-refractivity contribution in [1.82, 2.24) is 4.90 Å². The van der Waals surface area contributed by atoms with Crippen molar-refractivity contribution in [1.29, 1.82) is 0 Å². The molecule has 1 saturated carbocycles. The van der Waals surface area contributed by atoms with Crippen LogP contribution in [-0.2, 0) is 27.3 Å². The fraction of sp³-hybridized carbons (Fsp3) is 0.417. The maximum Gasteiger partial charge on any atom is 0.310 e. The first-order valence-corrected chi connectivity index (χ1v) is 10.6. The first-order valence-electron chi connectivity index (χ1n) is 10.6. The number of methoxy groups -OCH3 is 1. The molecule has 2 aromatic rings. The number of nitrogens with two attached hydrogens (primary N) is 1. The Kier molecular flexibility index (Phi) is 7.39. The van der Waals surface area contributed by atoms with Crippen molar-refractivity contribution in [3.63, 3.8) is 0 Å². The number of ether oxygens (including phenoxy) is 3. The first-order chi connectivity index (χ1) is 14.9. The van der Waals surface area contributed by atoms with Crippen LogP contribution in [0.1, 0.15) is 37.8 Å². The number of anilines is 1. The van der Waals surface area contributed by atoms with Gasteiger partial charge in [-0.2, -0.15) is 0 Å². The van der Waals surface area contributed by atoms with Crippen LogP contribution in [-0.4, -0.2) is 37.0 Å². The van der Waals surface area contributed by atoms with E-state index in [1.807, 2.05) is 17.9 Å². The Balaban J connectivity index is 1.86. The third kappa shape index (κ3) is 5.90. The molecule has 0 spiro atoms. The van der Waals surface area contributed by atoms with Crippen LogP contribution >= 0.6 is 0 Å². The molecule has 166 valence electrons. The van der Waals surface area contributed by atoms with Gasteiger partial charge < -0.3 is 24.8 Å². The highest BCUT2D eigenvalue weighted by molar-refractivity contribution is 5.81. The van der Waals surface area contributed by atoms with Crippen molar-refractivity contribution >= 4 is 17.6 Å². The van der Waals surface area contributed by atoms with E-state index in [-0.39, 0.29) is 24.2 Å². The SMILES string of the molecule is CCOC(=O)Cc1ccc(OC)c(Oc2ccc(N)cc2CN(CC)C(=O)C2CC2)c1. The number of nitrogens with zero attached hydrogens (tertiary/aromatic N) is 1. The van der Waals surface area contributed by atoms with Crippen molar-refractivity contribution in [2.45, 2.75) is 39.7 Å². The number of hydrogen-bond donors (Lipinski definition) is 1. The van der Waals surface area contributed by atoms with Crippen LogP contribution in [0.3, 0.4) is 0 Å². The van der Waals surface area contributed by atoms with E-state index in [9.17, 15) is 9.59 Å².